The van der Waals surface area contributed by atoms with Crippen molar-refractivity contribution in [3.05, 3.63) is 63.7 Å². The van der Waals surface area contributed by atoms with Crippen molar-refractivity contribution in [3.63, 3.8) is 0 Å². The Morgan fingerprint density at radius 3 is 2.59 bits per heavy atom. The summed E-state index contributed by atoms with van der Waals surface area (Å²) in [6.45, 7) is 1.79. The zero-order valence-electron chi connectivity index (χ0n) is 14.7. The number of allylic oxidation sites excluding steroid dienone is 4. The zero-order valence-corrected chi connectivity index (χ0v) is 14.7. The molecular formula is C20H18N2O5. The lowest BCUT2D eigenvalue weighted by Crippen LogP contribution is -2.47. The molecule has 1 aromatic rings. The summed E-state index contributed by atoms with van der Waals surface area (Å²) in [6.07, 6.45) is 7.81. The Labute approximate surface area is 155 Å². The van der Waals surface area contributed by atoms with E-state index in [4.69, 9.17) is 4.84 Å². The second-order valence-corrected chi connectivity index (χ2v) is 7.23. The maximum Gasteiger partial charge on any atom is 0.365 e. The summed E-state index contributed by atoms with van der Waals surface area (Å²) in [5, 5.41) is 15.0. The highest BCUT2D eigenvalue weighted by Crippen LogP contribution is 2.48. The van der Waals surface area contributed by atoms with Crippen molar-refractivity contribution >= 4 is 23.2 Å². The monoisotopic (exact) mass is 366 g/mol. The van der Waals surface area contributed by atoms with Gasteiger partial charge in [0.15, 0.2) is 5.78 Å². The van der Waals surface area contributed by atoms with E-state index in [1.165, 1.54) is 18.2 Å². The maximum atomic E-state index is 12.5. The standard InChI is InChI=1S/C20H18N2O5/c1-11-9-16(23)17-12-5-7-13(8-6-12)18(17)19(11)21-27-20(24)14-3-2-4-15(10-14)22(25)26/h2-5,7,9-10,12-13,17-18H,6,8H2,1H3/b21-19+/t12-,13+,17-,18+/m1/s1. The largest absolute Gasteiger partial charge is 0.365 e. The average Bonchev–Trinajstić information content (AvgIpc) is 2.68. The third-order valence-electron chi connectivity index (χ3n) is 5.67. The lowest BCUT2D eigenvalue weighted by Gasteiger charge is -2.46. The van der Waals surface area contributed by atoms with Gasteiger partial charge in [-0.25, -0.2) is 4.79 Å². The molecule has 0 radical (unpaired) electrons. The van der Waals surface area contributed by atoms with Gasteiger partial charge < -0.3 is 4.84 Å². The van der Waals surface area contributed by atoms with Crippen molar-refractivity contribution in [2.45, 2.75) is 19.8 Å². The van der Waals surface area contributed by atoms with Gasteiger partial charge in [0, 0.05) is 24.0 Å². The Bertz CT molecular complexity index is 930. The molecular weight excluding hydrogens is 348 g/mol. The second-order valence-electron chi connectivity index (χ2n) is 7.23. The Morgan fingerprint density at radius 2 is 1.93 bits per heavy atom. The molecule has 5 rings (SSSR count). The number of nitro benzene ring substituents is 1. The molecule has 0 unspecified atom stereocenters. The van der Waals surface area contributed by atoms with Crippen LogP contribution in [0.4, 0.5) is 5.69 Å². The fourth-order valence-electron chi connectivity index (χ4n) is 4.42. The van der Waals surface area contributed by atoms with Gasteiger partial charge in [0.25, 0.3) is 5.69 Å². The molecule has 0 amide bonds. The van der Waals surface area contributed by atoms with E-state index >= 15 is 0 Å². The van der Waals surface area contributed by atoms with Gasteiger partial charge in [-0.1, -0.05) is 23.4 Å². The van der Waals surface area contributed by atoms with E-state index in [1.54, 1.807) is 13.0 Å². The third kappa shape index (κ3) is 2.99. The molecule has 27 heavy (non-hydrogen) atoms. The molecule has 1 saturated carbocycles. The minimum atomic E-state index is -0.760. The highest BCUT2D eigenvalue weighted by molar-refractivity contribution is 6.13. The number of carbonyl (C=O) groups excluding carboxylic acids is 2. The van der Waals surface area contributed by atoms with Crippen LogP contribution in [0, 0.1) is 33.8 Å². The lowest BCUT2D eigenvalue weighted by molar-refractivity contribution is -0.384. The zero-order chi connectivity index (χ0) is 19.1. The van der Waals surface area contributed by atoms with Gasteiger partial charge in [-0.05, 0) is 49.3 Å². The van der Waals surface area contributed by atoms with Gasteiger partial charge in [-0.15, -0.1) is 0 Å². The quantitative estimate of drug-likeness (QED) is 0.353. The number of hydrogen-bond donors (Lipinski definition) is 0. The molecule has 0 heterocycles. The normalized spacial score (nSPS) is 30.0. The summed E-state index contributed by atoms with van der Waals surface area (Å²) in [5.74, 6) is -0.460. The molecule has 138 valence electrons. The summed E-state index contributed by atoms with van der Waals surface area (Å²) in [4.78, 5) is 40.2. The molecule has 4 atom stereocenters. The molecule has 4 aliphatic rings. The fourth-order valence-corrected chi connectivity index (χ4v) is 4.42. The highest BCUT2D eigenvalue weighted by Gasteiger charge is 2.48. The lowest BCUT2D eigenvalue weighted by atomic mass is 9.57. The number of non-ortho nitro benzene ring substituents is 1. The molecule has 1 fully saturated rings. The summed E-state index contributed by atoms with van der Waals surface area (Å²) in [6, 6.07) is 5.33. The molecule has 0 spiro atoms. The van der Waals surface area contributed by atoms with Crippen LogP contribution in [0.3, 0.4) is 0 Å². The number of hydrogen-bond acceptors (Lipinski definition) is 6. The van der Waals surface area contributed by atoms with E-state index in [0.717, 1.165) is 18.9 Å². The minimum Gasteiger partial charge on any atom is -0.313 e. The van der Waals surface area contributed by atoms with E-state index in [0.29, 0.717) is 11.3 Å². The highest BCUT2D eigenvalue weighted by atomic mass is 16.7. The van der Waals surface area contributed by atoms with Gasteiger partial charge in [-0.2, -0.15) is 0 Å². The number of nitrogens with zero attached hydrogens (tertiary/aromatic N) is 2. The van der Waals surface area contributed by atoms with Crippen LogP contribution < -0.4 is 0 Å². The number of ketones is 1. The van der Waals surface area contributed by atoms with Crippen LogP contribution in [0.2, 0.25) is 0 Å². The molecule has 1 aromatic carbocycles. The first kappa shape index (κ1) is 17.3. The van der Waals surface area contributed by atoms with E-state index in [2.05, 4.69) is 17.3 Å². The second kappa shape index (κ2) is 6.57. The van der Waals surface area contributed by atoms with Gasteiger partial charge in [0.05, 0.1) is 16.2 Å². The number of benzene rings is 1. The van der Waals surface area contributed by atoms with Crippen molar-refractivity contribution in [3.8, 4) is 0 Å². The van der Waals surface area contributed by atoms with Crippen LogP contribution in [-0.4, -0.2) is 22.4 Å². The number of carbonyl (C=O) groups is 2. The van der Waals surface area contributed by atoms with Crippen molar-refractivity contribution in [2.75, 3.05) is 0 Å². The van der Waals surface area contributed by atoms with Crippen LogP contribution in [-0.2, 0) is 9.63 Å². The third-order valence-corrected chi connectivity index (χ3v) is 5.67. The predicted octanol–water partition coefficient (Wildman–Crippen LogP) is 3.47. The van der Waals surface area contributed by atoms with E-state index in [1.807, 2.05) is 0 Å². The molecule has 0 aromatic heterocycles. The number of rotatable bonds is 3. The molecule has 0 aliphatic heterocycles. The SMILES string of the molecule is CC1=CC(=O)[C@@H]2[C@@H](/C1=N/OC(=O)c1cccc([N+](=O)[O-])c1)[C@H]1C=C[C@@H]2CC1. The maximum absolute atomic E-state index is 12.5. The van der Waals surface area contributed by atoms with Crippen LogP contribution in [0.25, 0.3) is 0 Å². The summed E-state index contributed by atoms with van der Waals surface area (Å²) >= 11 is 0. The summed E-state index contributed by atoms with van der Waals surface area (Å²) in [7, 11) is 0. The average molecular weight is 366 g/mol. The van der Waals surface area contributed by atoms with Crippen molar-refractivity contribution in [1.82, 2.24) is 0 Å². The fraction of sp³-hybridized carbons (Fsp3) is 0.350. The van der Waals surface area contributed by atoms with E-state index in [-0.39, 0.29) is 40.7 Å². The number of nitro groups is 1. The first-order valence-corrected chi connectivity index (χ1v) is 8.90. The molecule has 4 aliphatic carbocycles. The Kier molecular flexibility index (Phi) is 4.22. The predicted molar refractivity (Wildman–Crippen MR) is 97.0 cm³/mol. The van der Waals surface area contributed by atoms with Crippen LogP contribution in [0.1, 0.15) is 30.1 Å². The number of fused-ring (bicyclic) bond motifs is 1. The Hall–Kier alpha value is -3.09. The first-order valence-electron chi connectivity index (χ1n) is 8.90. The van der Waals surface area contributed by atoms with Crippen molar-refractivity contribution in [2.24, 2.45) is 28.8 Å². The van der Waals surface area contributed by atoms with Crippen molar-refractivity contribution < 1.29 is 19.3 Å². The minimum absolute atomic E-state index is 0.0590. The molecule has 7 nitrogen and oxygen atoms in total. The first-order chi connectivity index (χ1) is 13.0. The molecule has 7 heteroatoms. The van der Waals surface area contributed by atoms with E-state index < -0.39 is 10.9 Å². The number of oxime groups is 1. The van der Waals surface area contributed by atoms with Crippen molar-refractivity contribution in [1.29, 1.82) is 0 Å². The summed E-state index contributed by atoms with van der Waals surface area (Å²) in [5.41, 5.74) is 1.20. The van der Waals surface area contributed by atoms with Crippen LogP contribution in [0.15, 0.2) is 53.2 Å². The smallest absolute Gasteiger partial charge is 0.313 e. The van der Waals surface area contributed by atoms with Gasteiger partial charge in [0.2, 0.25) is 0 Å². The Morgan fingerprint density at radius 1 is 1.22 bits per heavy atom. The van der Waals surface area contributed by atoms with Crippen LogP contribution in [0.5, 0.6) is 0 Å². The summed E-state index contributed by atoms with van der Waals surface area (Å²) < 4.78 is 0. The van der Waals surface area contributed by atoms with E-state index in [9.17, 15) is 19.7 Å². The Balaban J connectivity index is 1.61. The van der Waals surface area contributed by atoms with Gasteiger partial charge >= 0.3 is 5.97 Å². The van der Waals surface area contributed by atoms with Gasteiger partial charge in [-0.3, -0.25) is 14.9 Å². The molecule has 2 bridgehead atoms. The van der Waals surface area contributed by atoms with Crippen LogP contribution >= 0.6 is 0 Å². The topological polar surface area (TPSA) is 98.9 Å². The molecule has 0 N–H and O–H groups in total. The molecule has 0 saturated heterocycles. The van der Waals surface area contributed by atoms with Gasteiger partial charge in [0.1, 0.15) is 0 Å².